The van der Waals surface area contributed by atoms with Crippen molar-refractivity contribution >= 4 is 52.2 Å². The molecule has 0 spiro atoms. The molecule has 0 fully saturated rings. The van der Waals surface area contributed by atoms with E-state index in [2.05, 4.69) is 10.6 Å². The van der Waals surface area contributed by atoms with E-state index < -0.39 is 6.03 Å². The molecule has 2 rings (SSSR count). The Bertz CT molecular complexity index is 867. The topological polar surface area (TPSA) is 64.7 Å². The number of amides is 3. The summed E-state index contributed by atoms with van der Waals surface area (Å²) in [6, 6.07) is 9.57. The molecule has 0 radical (unpaired) electrons. The molecule has 0 aliphatic rings. The standard InChI is InChI=1S/C20H24Cl2N4O2/c1-5-26(6-2)19(27)15-12-14(8-10-18(15)25(3)4)23-20(28)24-17-9-7-13(21)11-16(17)22/h7-12H,5-6H2,1-4H3,(H2,23,24,28). The third-order valence-corrected chi connectivity index (χ3v) is 4.74. The number of hydrogen-bond donors (Lipinski definition) is 2. The van der Waals surface area contributed by atoms with Crippen molar-refractivity contribution < 1.29 is 9.59 Å². The molecule has 0 unspecified atom stereocenters. The SMILES string of the molecule is CCN(CC)C(=O)c1cc(NC(=O)Nc2ccc(Cl)cc2Cl)ccc1N(C)C. The van der Waals surface area contributed by atoms with Crippen molar-refractivity contribution in [2.75, 3.05) is 42.7 Å². The van der Waals surface area contributed by atoms with Crippen LogP contribution in [0.2, 0.25) is 10.0 Å². The van der Waals surface area contributed by atoms with Crippen molar-refractivity contribution in [2.24, 2.45) is 0 Å². The van der Waals surface area contributed by atoms with Gasteiger partial charge in [0.15, 0.2) is 0 Å². The second-order valence-corrected chi connectivity index (χ2v) is 7.15. The Morgan fingerprint density at radius 2 is 1.64 bits per heavy atom. The number of halogens is 2. The smallest absolute Gasteiger partial charge is 0.323 e. The number of nitrogens with one attached hydrogen (secondary N) is 2. The molecule has 2 aromatic rings. The van der Waals surface area contributed by atoms with Gasteiger partial charge < -0.3 is 20.4 Å². The molecule has 0 saturated heterocycles. The molecule has 0 saturated carbocycles. The van der Waals surface area contributed by atoms with Gasteiger partial charge >= 0.3 is 6.03 Å². The average Bonchev–Trinajstić information content (AvgIpc) is 2.64. The van der Waals surface area contributed by atoms with E-state index in [-0.39, 0.29) is 5.91 Å². The Labute approximate surface area is 175 Å². The molecule has 150 valence electrons. The number of benzene rings is 2. The van der Waals surface area contributed by atoms with Crippen LogP contribution >= 0.6 is 23.2 Å². The molecule has 8 heteroatoms. The van der Waals surface area contributed by atoms with E-state index in [1.165, 1.54) is 0 Å². The summed E-state index contributed by atoms with van der Waals surface area (Å²) in [6.07, 6.45) is 0. The van der Waals surface area contributed by atoms with Crippen LogP contribution in [0.25, 0.3) is 0 Å². The normalized spacial score (nSPS) is 10.4. The van der Waals surface area contributed by atoms with Crippen LogP contribution in [0, 0.1) is 0 Å². The summed E-state index contributed by atoms with van der Waals surface area (Å²) in [6.45, 7) is 5.08. The highest BCUT2D eigenvalue weighted by Gasteiger charge is 2.19. The fourth-order valence-electron chi connectivity index (χ4n) is 2.73. The second kappa shape index (κ2) is 9.66. The number of carbonyl (C=O) groups excluding carboxylic acids is 2. The van der Waals surface area contributed by atoms with Crippen molar-refractivity contribution in [3.05, 3.63) is 52.0 Å². The number of hydrogen-bond acceptors (Lipinski definition) is 3. The van der Waals surface area contributed by atoms with Crippen LogP contribution < -0.4 is 15.5 Å². The van der Waals surface area contributed by atoms with E-state index in [0.717, 1.165) is 5.69 Å². The van der Waals surface area contributed by atoms with Crippen LogP contribution in [-0.2, 0) is 0 Å². The molecule has 28 heavy (non-hydrogen) atoms. The van der Waals surface area contributed by atoms with Gasteiger partial charge in [0, 0.05) is 43.6 Å². The first-order valence-corrected chi connectivity index (χ1v) is 9.66. The Morgan fingerprint density at radius 3 is 2.21 bits per heavy atom. The van der Waals surface area contributed by atoms with Gasteiger partial charge in [0.2, 0.25) is 0 Å². The van der Waals surface area contributed by atoms with Gasteiger partial charge in [-0.25, -0.2) is 4.79 Å². The molecule has 0 aromatic heterocycles. The fraction of sp³-hybridized carbons (Fsp3) is 0.300. The Balaban J connectivity index is 2.24. The molecule has 0 heterocycles. The minimum Gasteiger partial charge on any atom is -0.377 e. The lowest BCUT2D eigenvalue weighted by Gasteiger charge is -2.23. The highest BCUT2D eigenvalue weighted by molar-refractivity contribution is 6.36. The first-order valence-electron chi connectivity index (χ1n) is 8.90. The van der Waals surface area contributed by atoms with Gasteiger partial charge in [0.1, 0.15) is 0 Å². The van der Waals surface area contributed by atoms with Crippen LogP contribution in [0.3, 0.4) is 0 Å². The molecule has 3 amide bonds. The zero-order chi connectivity index (χ0) is 20.8. The number of rotatable bonds is 6. The van der Waals surface area contributed by atoms with Crippen molar-refractivity contribution in [3.8, 4) is 0 Å². The Morgan fingerprint density at radius 1 is 0.964 bits per heavy atom. The zero-order valence-electron chi connectivity index (χ0n) is 16.3. The average molecular weight is 423 g/mol. The van der Waals surface area contributed by atoms with Gasteiger partial charge in [-0.1, -0.05) is 23.2 Å². The predicted molar refractivity (Wildman–Crippen MR) is 117 cm³/mol. The third-order valence-electron chi connectivity index (χ3n) is 4.20. The highest BCUT2D eigenvalue weighted by Crippen LogP contribution is 2.27. The van der Waals surface area contributed by atoms with E-state index in [0.29, 0.717) is 40.1 Å². The van der Waals surface area contributed by atoms with Crippen molar-refractivity contribution in [3.63, 3.8) is 0 Å². The van der Waals surface area contributed by atoms with E-state index in [9.17, 15) is 9.59 Å². The predicted octanol–water partition coefficient (Wildman–Crippen LogP) is 5.19. The summed E-state index contributed by atoms with van der Waals surface area (Å²) in [5.74, 6) is -0.0847. The van der Waals surface area contributed by atoms with Gasteiger partial charge in [0.25, 0.3) is 5.91 Å². The minimum absolute atomic E-state index is 0.0847. The van der Waals surface area contributed by atoms with Crippen LogP contribution in [0.15, 0.2) is 36.4 Å². The minimum atomic E-state index is -0.469. The number of nitrogens with zero attached hydrogens (tertiary/aromatic N) is 2. The van der Waals surface area contributed by atoms with Crippen LogP contribution in [0.1, 0.15) is 24.2 Å². The zero-order valence-corrected chi connectivity index (χ0v) is 17.9. The Hall–Kier alpha value is -2.44. The van der Waals surface area contributed by atoms with Gasteiger partial charge in [0.05, 0.1) is 16.3 Å². The number of carbonyl (C=O) groups is 2. The second-order valence-electron chi connectivity index (χ2n) is 6.31. The summed E-state index contributed by atoms with van der Waals surface area (Å²) in [4.78, 5) is 28.8. The lowest BCUT2D eigenvalue weighted by Crippen LogP contribution is -2.32. The van der Waals surface area contributed by atoms with E-state index in [4.69, 9.17) is 23.2 Å². The summed E-state index contributed by atoms with van der Waals surface area (Å²) < 4.78 is 0. The fourth-order valence-corrected chi connectivity index (χ4v) is 3.19. The van der Waals surface area contributed by atoms with E-state index >= 15 is 0 Å². The van der Waals surface area contributed by atoms with E-state index in [1.807, 2.05) is 38.9 Å². The monoisotopic (exact) mass is 422 g/mol. The summed E-state index contributed by atoms with van der Waals surface area (Å²) in [5.41, 5.74) is 2.25. The maximum absolute atomic E-state index is 12.9. The molecule has 2 N–H and O–H groups in total. The molecule has 0 aliphatic carbocycles. The maximum Gasteiger partial charge on any atom is 0.323 e. The third kappa shape index (κ3) is 5.30. The number of anilines is 3. The largest absolute Gasteiger partial charge is 0.377 e. The van der Waals surface area contributed by atoms with Crippen LogP contribution in [-0.4, -0.2) is 44.0 Å². The molecular formula is C20H24Cl2N4O2. The van der Waals surface area contributed by atoms with Crippen molar-refractivity contribution in [2.45, 2.75) is 13.8 Å². The lowest BCUT2D eigenvalue weighted by atomic mass is 10.1. The van der Waals surface area contributed by atoms with Crippen molar-refractivity contribution in [1.29, 1.82) is 0 Å². The number of urea groups is 1. The molecule has 6 nitrogen and oxygen atoms in total. The first kappa shape index (κ1) is 21.9. The Kier molecular flexibility index (Phi) is 7.54. The van der Waals surface area contributed by atoms with Crippen molar-refractivity contribution in [1.82, 2.24) is 4.90 Å². The lowest BCUT2D eigenvalue weighted by molar-refractivity contribution is 0.0773. The van der Waals surface area contributed by atoms with Gasteiger partial charge in [-0.2, -0.15) is 0 Å². The maximum atomic E-state index is 12.9. The van der Waals surface area contributed by atoms with Gasteiger partial charge in [-0.3, -0.25) is 4.79 Å². The molecule has 0 aliphatic heterocycles. The van der Waals surface area contributed by atoms with E-state index in [1.54, 1.807) is 35.2 Å². The van der Waals surface area contributed by atoms with Crippen LogP contribution in [0.5, 0.6) is 0 Å². The molecule has 2 aromatic carbocycles. The molecule has 0 atom stereocenters. The highest BCUT2D eigenvalue weighted by atomic mass is 35.5. The summed E-state index contributed by atoms with van der Waals surface area (Å²) >= 11 is 12.0. The quantitative estimate of drug-likeness (QED) is 0.673. The summed E-state index contributed by atoms with van der Waals surface area (Å²) in [7, 11) is 3.74. The van der Waals surface area contributed by atoms with Crippen LogP contribution in [0.4, 0.5) is 21.9 Å². The summed E-state index contributed by atoms with van der Waals surface area (Å²) in [5, 5.41) is 6.23. The molecular weight excluding hydrogens is 399 g/mol. The van der Waals surface area contributed by atoms with Gasteiger partial charge in [-0.05, 0) is 50.2 Å². The molecule has 0 bridgehead atoms. The first-order chi connectivity index (χ1) is 13.3. The van der Waals surface area contributed by atoms with Gasteiger partial charge in [-0.15, -0.1) is 0 Å².